The number of hydrogen-bond donors (Lipinski definition) is 0. The van der Waals surface area contributed by atoms with Crippen LogP contribution in [0.15, 0.2) is 0 Å². The van der Waals surface area contributed by atoms with Gasteiger partial charge in [-0.2, -0.15) is 0 Å². The van der Waals surface area contributed by atoms with Gasteiger partial charge in [0.25, 0.3) is 0 Å². The molecule has 0 bridgehead atoms. The zero-order chi connectivity index (χ0) is 62.3. The quantitative estimate of drug-likeness (QED) is 0.128. The molecule has 0 heteroatoms. The monoisotopic (exact) mass is 1100 g/mol. The van der Waals surface area contributed by atoms with E-state index in [0.717, 1.165) is 59.2 Å². The molecule has 0 radical (unpaired) electrons. The van der Waals surface area contributed by atoms with Crippen molar-refractivity contribution in [1.29, 1.82) is 0 Å². The van der Waals surface area contributed by atoms with Gasteiger partial charge in [0.05, 0.1) is 0 Å². The van der Waals surface area contributed by atoms with Gasteiger partial charge >= 0.3 is 0 Å². The molecule has 3 fully saturated rings. The van der Waals surface area contributed by atoms with Crippen molar-refractivity contribution < 1.29 is 0 Å². The van der Waals surface area contributed by atoms with Crippen molar-refractivity contribution in [1.82, 2.24) is 0 Å². The molecule has 0 aromatic heterocycles. The number of rotatable bonds is 18. The van der Waals surface area contributed by atoms with Crippen molar-refractivity contribution in [3.05, 3.63) is 0 Å². The zero-order valence-electron chi connectivity index (χ0n) is 62.3. The summed E-state index contributed by atoms with van der Waals surface area (Å²) in [5, 5.41) is 0. The third kappa shape index (κ3) is 87.4. The summed E-state index contributed by atoms with van der Waals surface area (Å²) >= 11 is 0. The number of hydrogen-bond acceptors (Lipinski definition) is 0. The second kappa shape index (κ2) is 62.1. The molecule has 0 nitrogen and oxygen atoms in total. The van der Waals surface area contributed by atoms with Crippen LogP contribution in [0.1, 0.15) is 422 Å². The lowest BCUT2D eigenvalue weighted by atomic mass is 9.84. The third-order valence-corrected chi connectivity index (χ3v) is 18.5. The Hall–Kier alpha value is 0. The van der Waals surface area contributed by atoms with Crippen LogP contribution in [-0.4, -0.2) is 0 Å². The highest BCUT2D eigenvalue weighted by atomic mass is 14.3. The summed E-state index contributed by atoms with van der Waals surface area (Å²) in [6.07, 6.45) is 40.9. The zero-order valence-corrected chi connectivity index (χ0v) is 62.3. The Morgan fingerprint density at radius 2 is 0.792 bits per heavy atom. The predicted octanol–water partition coefficient (Wildman–Crippen LogP) is 30.0. The Labute approximate surface area is 500 Å². The Kier molecular flexibility index (Phi) is 75.3. The van der Waals surface area contributed by atoms with E-state index in [4.69, 9.17) is 0 Å². The van der Waals surface area contributed by atoms with Crippen molar-refractivity contribution in [2.75, 3.05) is 0 Å². The van der Waals surface area contributed by atoms with Crippen LogP contribution in [0.2, 0.25) is 0 Å². The van der Waals surface area contributed by atoms with Crippen molar-refractivity contribution in [3.8, 4) is 0 Å². The first-order valence-corrected chi connectivity index (χ1v) is 35.4. The molecule has 77 heavy (non-hydrogen) atoms. The van der Waals surface area contributed by atoms with Gasteiger partial charge in [0.2, 0.25) is 0 Å². The molecule has 3 aliphatic carbocycles. The Morgan fingerprint density at radius 3 is 0.883 bits per heavy atom. The second-order valence-electron chi connectivity index (χ2n) is 30.5. The summed E-state index contributed by atoms with van der Waals surface area (Å²) in [5.74, 6) is 9.29. The molecule has 2 atom stereocenters. The molecular weight excluding hydrogens is 925 g/mol. The predicted molar refractivity (Wildman–Crippen MR) is 371 cm³/mol. The summed E-state index contributed by atoms with van der Waals surface area (Å²) in [6.45, 7) is 77.3. The Bertz CT molecular complexity index is 945. The summed E-state index contributed by atoms with van der Waals surface area (Å²) in [6, 6.07) is 0. The molecule has 0 amide bonds. The second-order valence-corrected chi connectivity index (χ2v) is 30.5. The Balaban J connectivity index is -0.000000113. The van der Waals surface area contributed by atoms with Crippen LogP contribution in [0.5, 0.6) is 0 Å². The van der Waals surface area contributed by atoms with E-state index in [9.17, 15) is 0 Å². The van der Waals surface area contributed by atoms with Gasteiger partial charge in [-0.3, -0.25) is 0 Å². The maximum Gasteiger partial charge on any atom is -0.0354 e. The summed E-state index contributed by atoms with van der Waals surface area (Å²) < 4.78 is 0. The van der Waals surface area contributed by atoms with E-state index >= 15 is 0 Å². The van der Waals surface area contributed by atoms with Crippen molar-refractivity contribution in [2.45, 2.75) is 422 Å². The molecule has 0 aliphatic heterocycles. The maximum atomic E-state index is 2.36. The van der Waals surface area contributed by atoms with Crippen LogP contribution in [0, 0.1) is 80.8 Å². The SMILES string of the molecule is CC(C)C(C)(C)C.CC(C)CC(C)C.CC1(C)CCCC1.CC1CCCCC1.CCC(C)(C)CC.CCC(C)(C)CC.CCC(CC)CC.CCC1CCCC1.CCCCC(C)C.CCC[C@H](C)CC.CC[C@H](C)C(C)C. The average molecular weight is 1100 g/mol. The largest absolute Gasteiger partial charge is 0.0654 e. The third-order valence-electron chi connectivity index (χ3n) is 18.5. The topological polar surface area (TPSA) is 0 Å². The van der Waals surface area contributed by atoms with Gasteiger partial charge in [-0.05, 0) is 100 Å². The fraction of sp³-hybridized carbons (Fsp3) is 1.00. The van der Waals surface area contributed by atoms with E-state index < -0.39 is 0 Å². The Morgan fingerprint density at radius 1 is 0.429 bits per heavy atom. The lowest BCUT2D eigenvalue weighted by Crippen LogP contribution is -2.12. The summed E-state index contributed by atoms with van der Waals surface area (Å²) in [7, 11) is 0. The van der Waals surface area contributed by atoms with Crippen LogP contribution in [0.3, 0.4) is 0 Å². The van der Waals surface area contributed by atoms with Gasteiger partial charge in [-0.15, -0.1) is 0 Å². The van der Waals surface area contributed by atoms with Crippen LogP contribution in [-0.2, 0) is 0 Å². The molecule has 0 unspecified atom stereocenters. The van der Waals surface area contributed by atoms with Crippen molar-refractivity contribution in [2.24, 2.45) is 80.8 Å². The van der Waals surface area contributed by atoms with E-state index in [1.54, 1.807) is 0 Å². The molecule has 478 valence electrons. The van der Waals surface area contributed by atoms with Gasteiger partial charge < -0.3 is 0 Å². The molecule has 3 aliphatic rings. The van der Waals surface area contributed by atoms with Gasteiger partial charge in [-0.1, -0.05) is 402 Å². The lowest BCUT2D eigenvalue weighted by Gasteiger charge is -2.22. The van der Waals surface area contributed by atoms with Gasteiger partial charge in [0.15, 0.2) is 0 Å². The highest BCUT2D eigenvalue weighted by Gasteiger charge is 2.22. The van der Waals surface area contributed by atoms with Crippen LogP contribution < -0.4 is 0 Å². The van der Waals surface area contributed by atoms with Crippen molar-refractivity contribution >= 4 is 0 Å². The molecule has 0 saturated heterocycles. The molecular formula is C77H170. The lowest BCUT2D eigenvalue weighted by molar-refractivity contribution is 0.283. The minimum absolute atomic E-state index is 0.500. The van der Waals surface area contributed by atoms with E-state index in [2.05, 4.69) is 235 Å². The van der Waals surface area contributed by atoms with Gasteiger partial charge in [0, 0.05) is 0 Å². The van der Waals surface area contributed by atoms with Gasteiger partial charge in [0.1, 0.15) is 0 Å². The molecule has 0 N–H and O–H groups in total. The molecule has 0 spiro atoms. The highest BCUT2D eigenvalue weighted by molar-refractivity contribution is 4.74. The standard InChI is InChI=1S/3C7H14.8C7H16/c1-7(2)5-3-4-6-7;1-7-5-3-2-4-6-7;1-2-7-5-3-4-6-7;1-6(2)7(3,4)5;1-6(2)5-7(3)4;2*1-5-7(3,4)6-2;1-5-7(4)6(2)3;1-4-5-6-7(2)3;1-4-6-7(3)5-2;1-4-7(5-2)6-3/h3-6H2,1-2H3;2*7H,2-6H2,1H3;6H,1-5H3;6-7H,5H2,1-4H3;2*5-6H2,1-4H3;6-7H,5H2,1-4H3;3*7H,4-6H2,1-3H3/t;;;;;;;7-;;7-;/m.......0.1./s1. The molecule has 3 saturated carbocycles. The summed E-state index contributed by atoms with van der Waals surface area (Å²) in [4.78, 5) is 0. The minimum Gasteiger partial charge on any atom is -0.0654 e. The average Bonchev–Trinajstić information content (AvgIpc) is 4.06. The van der Waals surface area contributed by atoms with E-state index in [1.165, 1.54) is 186 Å². The first-order chi connectivity index (χ1) is 35.4. The van der Waals surface area contributed by atoms with Gasteiger partial charge in [-0.25, -0.2) is 0 Å². The molecule has 0 aromatic rings. The van der Waals surface area contributed by atoms with E-state index in [1.807, 2.05) is 0 Å². The maximum absolute atomic E-state index is 2.36. The first-order valence-electron chi connectivity index (χ1n) is 35.4. The van der Waals surface area contributed by atoms with Crippen LogP contribution in [0.25, 0.3) is 0 Å². The van der Waals surface area contributed by atoms with Crippen LogP contribution in [0.4, 0.5) is 0 Å². The summed E-state index contributed by atoms with van der Waals surface area (Å²) in [5.41, 5.74) is 2.36. The molecule has 0 heterocycles. The first kappa shape index (κ1) is 93.4. The fourth-order valence-electron chi connectivity index (χ4n) is 8.15. The number of unbranched alkanes of at least 4 members (excludes halogenated alkanes) is 1. The molecule has 0 aromatic carbocycles. The minimum atomic E-state index is 0.500. The highest BCUT2D eigenvalue weighted by Crippen LogP contribution is 2.36. The smallest absolute Gasteiger partial charge is 0.0354 e. The van der Waals surface area contributed by atoms with Crippen molar-refractivity contribution in [3.63, 3.8) is 0 Å². The van der Waals surface area contributed by atoms with Crippen LogP contribution >= 0.6 is 0 Å². The molecule has 3 rings (SSSR count). The van der Waals surface area contributed by atoms with E-state index in [-0.39, 0.29) is 0 Å². The van der Waals surface area contributed by atoms with E-state index in [0.29, 0.717) is 21.7 Å². The normalized spacial score (nSPS) is 15.9. The fourth-order valence-corrected chi connectivity index (χ4v) is 8.15.